The number of carbonyl (C=O) groups is 1. The summed E-state index contributed by atoms with van der Waals surface area (Å²) in [4.78, 5) is 14.3. The number of carboxylic acid groups (broad SMARTS) is 1. The zero-order chi connectivity index (χ0) is 11.0. The molecule has 1 aromatic carbocycles. The van der Waals surface area contributed by atoms with Crippen LogP contribution in [0, 0.1) is 5.82 Å². The molecule has 0 unspecified atom stereocenters. The largest absolute Gasteiger partial charge is 0.476 e. The lowest BCUT2D eigenvalue weighted by Crippen LogP contribution is -2.04. The fourth-order valence-electron chi connectivity index (χ4n) is 1.27. The fraction of sp³-hybridized carbons (Fsp3) is 0. The van der Waals surface area contributed by atoms with Crippen LogP contribution in [0.4, 0.5) is 4.39 Å². The van der Waals surface area contributed by atoms with E-state index in [1.54, 1.807) is 18.2 Å². The summed E-state index contributed by atoms with van der Waals surface area (Å²) < 4.78 is 14.0. The number of hydrogen-bond acceptors (Lipinski definition) is 2. The van der Waals surface area contributed by atoms with Gasteiger partial charge in [0.05, 0.1) is 5.52 Å². The second-order valence-corrected chi connectivity index (χ2v) is 3.88. The number of rotatable bonds is 1. The maximum Gasteiger partial charge on any atom is 0.357 e. The molecule has 2 rings (SSSR count). The number of fused-ring (bicyclic) bond motifs is 1. The molecule has 0 saturated carbocycles. The Hall–Kier alpha value is -1.49. The van der Waals surface area contributed by atoms with Crippen molar-refractivity contribution in [2.45, 2.75) is 0 Å². The minimum atomic E-state index is -1.36. The van der Waals surface area contributed by atoms with Crippen LogP contribution in [0.25, 0.3) is 10.9 Å². The van der Waals surface area contributed by atoms with Crippen LogP contribution in [0.15, 0.2) is 28.7 Å². The molecule has 2 aromatic rings. The number of halogens is 2. The maximum absolute atomic E-state index is 13.2. The Morgan fingerprint density at radius 1 is 1.40 bits per heavy atom. The van der Waals surface area contributed by atoms with Crippen LogP contribution in [0.5, 0.6) is 0 Å². The van der Waals surface area contributed by atoms with Gasteiger partial charge in [0.25, 0.3) is 0 Å². The van der Waals surface area contributed by atoms with Gasteiger partial charge >= 0.3 is 5.97 Å². The van der Waals surface area contributed by atoms with Gasteiger partial charge in [0, 0.05) is 9.86 Å². The Morgan fingerprint density at radius 2 is 2.13 bits per heavy atom. The smallest absolute Gasteiger partial charge is 0.357 e. The monoisotopic (exact) mass is 269 g/mol. The number of pyridine rings is 1. The predicted octanol–water partition coefficient (Wildman–Crippen LogP) is 2.83. The predicted molar refractivity (Wildman–Crippen MR) is 56.4 cm³/mol. The summed E-state index contributed by atoms with van der Waals surface area (Å²) in [6.07, 6.45) is 0. The van der Waals surface area contributed by atoms with Crippen LogP contribution < -0.4 is 0 Å². The fourth-order valence-corrected chi connectivity index (χ4v) is 1.65. The first-order valence-electron chi connectivity index (χ1n) is 4.07. The number of aromatic nitrogens is 1. The molecule has 0 aliphatic heterocycles. The van der Waals surface area contributed by atoms with Crippen LogP contribution in [-0.2, 0) is 0 Å². The van der Waals surface area contributed by atoms with E-state index in [9.17, 15) is 9.18 Å². The first kappa shape index (κ1) is 10.0. The van der Waals surface area contributed by atoms with E-state index in [0.29, 0.717) is 10.9 Å². The number of hydrogen-bond donors (Lipinski definition) is 1. The van der Waals surface area contributed by atoms with Crippen LogP contribution in [0.2, 0.25) is 0 Å². The van der Waals surface area contributed by atoms with Crippen molar-refractivity contribution >= 4 is 32.8 Å². The summed E-state index contributed by atoms with van der Waals surface area (Å²) >= 11 is 3.24. The van der Waals surface area contributed by atoms with E-state index in [-0.39, 0.29) is 0 Å². The molecule has 1 aromatic heterocycles. The standard InChI is InChI=1S/C10H5BrFNO2/c11-6-1-2-8-5(3-6)4-7(12)9(13-8)10(14)15/h1-4H,(H,14,15). The van der Waals surface area contributed by atoms with Crippen LogP contribution in [0.1, 0.15) is 10.5 Å². The molecule has 0 atom stereocenters. The number of nitrogens with zero attached hydrogens (tertiary/aromatic N) is 1. The van der Waals surface area contributed by atoms with Crippen molar-refractivity contribution in [3.8, 4) is 0 Å². The van der Waals surface area contributed by atoms with Crippen LogP contribution in [0.3, 0.4) is 0 Å². The molecule has 0 spiro atoms. The Labute approximate surface area is 92.7 Å². The summed E-state index contributed by atoms with van der Waals surface area (Å²) in [5, 5.41) is 9.23. The summed E-state index contributed by atoms with van der Waals surface area (Å²) in [6, 6.07) is 6.19. The van der Waals surface area contributed by atoms with Gasteiger partial charge in [-0.05, 0) is 24.3 Å². The average molecular weight is 270 g/mol. The maximum atomic E-state index is 13.2. The highest BCUT2D eigenvalue weighted by atomic mass is 79.9. The molecule has 3 nitrogen and oxygen atoms in total. The minimum absolute atomic E-state index is 0.456. The van der Waals surface area contributed by atoms with E-state index in [1.165, 1.54) is 0 Å². The van der Waals surface area contributed by atoms with Gasteiger partial charge in [-0.1, -0.05) is 15.9 Å². The molecule has 0 bridgehead atoms. The van der Waals surface area contributed by atoms with E-state index in [4.69, 9.17) is 5.11 Å². The normalized spacial score (nSPS) is 10.5. The molecule has 0 aliphatic rings. The van der Waals surface area contributed by atoms with E-state index in [1.807, 2.05) is 0 Å². The Morgan fingerprint density at radius 3 is 2.80 bits per heavy atom. The van der Waals surface area contributed by atoms with Gasteiger partial charge in [-0.15, -0.1) is 0 Å². The van der Waals surface area contributed by atoms with Gasteiger partial charge in [0.2, 0.25) is 0 Å². The summed E-state index contributed by atoms with van der Waals surface area (Å²) in [7, 11) is 0. The van der Waals surface area contributed by atoms with Crippen molar-refractivity contribution in [2.24, 2.45) is 0 Å². The van der Waals surface area contributed by atoms with E-state index < -0.39 is 17.5 Å². The number of benzene rings is 1. The third-order valence-corrected chi connectivity index (χ3v) is 2.43. The lowest BCUT2D eigenvalue weighted by atomic mass is 10.2. The van der Waals surface area contributed by atoms with Crippen LogP contribution in [-0.4, -0.2) is 16.1 Å². The van der Waals surface area contributed by atoms with Crippen molar-refractivity contribution in [3.63, 3.8) is 0 Å². The highest BCUT2D eigenvalue weighted by Crippen LogP contribution is 2.20. The van der Waals surface area contributed by atoms with Crippen molar-refractivity contribution in [3.05, 3.63) is 40.2 Å². The van der Waals surface area contributed by atoms with Gasteiger partial charge in [0.1, 0.15) is 0 Å². The second kappa shape index (κ2) is 3.58. The quantitative estimate of drug-likeness (QED) is 0.866. The summed E-state index contributed by atoms with van der Waals surface area (Å²) in [5.41, 5.74) is -0.0955. The highest BCUT2D eigenvalue weighted by Gasteiger charge is 2.13. The summed E-state index contributed by atoms with van der Waals surface area (Å²) in [6.45, 7) is 0. The zero-order valence-electron chi connectivity index (χ0n) is 7.37. The first-order valence-corrected chi connectivity index (χ1v) is 4.86. The first-order chi connectivity index (χ1) is 7.08. The molecule has 0 radical (unpaired) electrons. The van der Waals surface area contributed by atoms with Gasteiger partial charge in [-0.3, -0.25) is 0 Å². The highest BCUT2D eigenvalue weighted by molar-refractivity contribution is 9.10. The Bertz CT molecular complexity index is 556. The molecule has 1 heterocycles. The molecule has 1 N–H and O–H groups in total. The topological polar surface area (TPSA) is 50.2 Å². The lowest BCUT2D eigenvalue weighted by Gasteiger charge is -2.01. The molecule has 15 heavy (non-hydrogen) atoms. The molecule has 0 amide bonds. The molecule has 0 fully saturated rings. The molecule has 76 valence electrons. The molecule has 0 aliphatic carbocycles. The number of aromatic carboxylic acids is 1. The van der Waals surface area contributed by atoms with Crippen LogP contribution >= 0.6 is 15.9 Å². The van der Waals surface area contributed by atoms with Gasteiger partial charge in [-0.2, -0.15) is 0 Å². The van der Waals surface area contributed by atoms with E-state index in [0.717, 1.165) is 10.5 Å². The minimum Gasteiger partial charge on any atom is -0.476 e. The second-order valence-electron chi connectivity index (χ2n) is 2.96. The molecule has 5 heteroatoms. The average Bonchev–Trinajstić information content (AvgIpc) is 2.15. The van der Waals surface area contributed by atoms with E-state index in [2.05, 4.69) is 20.9 Å². The summed E-state index contributed by atoms with van der Waals surface area (Å²) in [5.74, 6) is -2.19. The lowest BCUT2D eigenvalue weighted by molar-refractivity contribution is 0.0685. The Balaban J connectivity index is 2.76. The van der Waals surface area contributed by atoms with Gasteiger partial charge < -0.3 is 5.11 Å². The molecular formula is C10H5BrFNO2. The van der Waals surface area contributed by atoms with Gasteiger partial charge in [-0.25, -0.2) is 14.2 Å². The Kier molecular flexibility index (Phi) is 2.40. The van der Waals surface area contributed by atoms with Gasteiger partial charge in [0.15, 0.2) is 11.5 Å². The van der Waals surface area contributed by atoms with Crippen molar-refractivity contribution in [2.75, 3.05) is 0 Å². The third-order valence-electron chi connectivity index (χ3n) is 1.93. The zero-order valence-corrected chi connectivity index (χ0v) is 8.95. The van der Waals surface area contributed by atoms with Crippen molar-refractivity contribution in [1.29, 1.82) is 0 Å². The van der Waals surface area contributed by atoms with E-state index >= 15 is 0 Å². The van der Waals surface area contributed by atoms with Crippen molar-refractivity contribution in [1.82, 2.24) is 4.98 Å². The molecule has 0 saturated heterocycles. The SMILES string of the molecule is O=C(O)c1nc2ccc(Br)cc2cc1F. The number of carboxylic acids is 1. The molecular weight excluding hydrogens is 265 g/mol. The van der Waals surface area contributed by atoms with Crippen molar-refractivity contribution < 1.29 is 14.3 Å². The third kappa shape index (κ3) is 1.83.